The highest BCUT2D eigenvalue weighted by Gasteiger charge is 2.24. The normalized spacial score (nSPS) is 19.9. The quantitative estimate of drug-likeness (QED) is 0.788. The molecule has 2 unspecified atom stereocenters. The number of aryl methyl sites for hydroxylation is 2. The maximum Gasteiger partial charge on any atom is 0.0900 e. The lowest BCUT2D eigenvalue weighted by Crippen LogP contribution is -2.46. The summed E-state index contributed by atoms with van der Waals surface area (Å²) in [7, 11) is 3.63. The molecule has 1 aromatic heterocycles. The van der Waals surface area contributed by atoms with Crippen molar-refractivity contribution in [3.05, 3.63) is 17.0 Å². The third-order valence-corrected chi connectivity index (χ3v) is 4.90. The van der Waals surface area contributed by atoms with Gasteiger partial charge in [0.15, 0.2) is 0 Å². The van der Waals surface area contributed by atoms with Crippen molar-refractivity contribution in [2.45, 2.75) is 51.8 Å². The lowest BCUT2D eigenvalue weighted by Gasteiger charge is -2.34. The number of methoxy groups -OCH3 is 1. The molecule has 0 spiro atoms. The van der Waals surface area contributed by atoms with Crippen LogP contribution in [0, 0.1) is 13.8 Å². The lowest BCUT2D eigenvalue weighted by molar-refractivity contribution is 0.0308. The predicted octanol–water partition coefficient (Wildman–Crippen LogP) is 1.16. The fourth-order valence-corrected chi connectivity index (χ4v) is 3.68. The summed E-state index contributed by atoms with van der Waals surface area (Å²) in [5.41, 5.74) is 3.68. The van der Waals surface area contributed by atoms with E-state index in [2.05, 4.69) is 36.1 Å². The summed E-state index contributed by atoms with van der Waals surface area (Å²) < 4.78 is 6.96. The van der Waals surface area contributed by atoms with E-state index in [1.807, 2.05) is 11.7 Å². The standard InChI is InChI=1S/C17H32N4O2/c1-12(17-13(2)19-20(4)14(17)3)18-15-6-8-21(9-7-15)10-16(22)11-23-5/h12,15-16,18,22H,6-11H2,1-5H3. The van der Waals surface area contributed by atoms with Crippen LogP contribution in [0.15, 0.2) is 0 Å². The molecular formula is C17H32N4O2. The van der Waals surface area contributed by atoms with Crippen LogP contribution >= 0.6 is 0 Å². The first-order valence-electron chi connectivity index (χ1n) is 8.57. The Morgan fingerprint density at radius 3 is 2.52 bits per heavy atom. The van der Waals surface area contributed by atoms with Crippen LogP contribution in [0.2, 0.25) is 0 Å². The van der Waals surface area contributed by atoms with Crippen molar-refractivity contribution < 1.29 is 9.84 Å². The van der Waals surface area contributed by atoms with Gasteiger partial charge in [0.05, 0.1) is 18.4 Å². The molecule has 6 heteroatoms. The molecule has 0 radical (unpaired) electrons. The molecule has 1 aliphatic heterocycles. The molecule has 0 bridgehead atoms. The first-order valence-corrected chi connectivity index (χ1v) is 8.57. The number of aliphatic hydroxyl groups is 1. The van der Waals surface area contributed by atoms with Crippen LogP contribution in [0.4, 0.5) is 0 Å². The van der Waals surface area contributed by atoms with Gasteiger partial charge in [-0.1, -0.05) is 0 Å². The van der Waals surface area contributed by atoms with Crippen molar-refractivity contribution in [1.82, 2.24) is 20.0 Å². The van der Waals surface area contributed by atoms with Crippen LogP contribution in [0.25, 0.3) is 0 Å². The van der Waals surface area contributed by atoms with Crippen molar-refractivity contribution in [1.29, 1.82) is 0 Å². The molecule has 2 N–H and O–H groups in total. The third-order valence-electron chi connectivity index (χ3n) is 4.90. The SMILES string of the molecule is COCC(O)CN1CCC(NC(C)c2c(C)nn(C)c2C)CC1. The van der Waals surface area contributed by atoms with E-state index in [9.17, 15) is 5.11 Å². The van der Waals surface area contributed by atoms with Gasteiger partial charge in [-0.25, -0.2) is 0 Å². The maximum absolute atomic E-state index is 9.83. The predicted molar refractivity (Wildman–Crippen MR) is 91.6 cm³/mol. The number of rotatable bonds is 7. The Morgan fingerprint density at radius 1 is 1.35 bits per heavy atom. The molecule has 23 heavy (non-hydrogen) atoms. The van der Waals surface area contributed by atoms with Gasteiger partial charge in [0.2, 0.25) is 0 Å². The molecule has 6 nitrogen and oxygen atoms in total. The highest BCUT2D eigenvalue weighted by molar-refractivity contribution is 5.27. The number of nitrogens with zero attached hydrogens (tertiary/aromatic N) is 3. The molecule has 1 saturated heterocycles. The van der Waals surface area contributed by atoms with Gasteiger partial charge in [-0.05, 0) is 46.7 Å². The van der Waals surface area contributed by atoms with Gasteiger partial charge >= 0.3 is 0 Å². The second-order valence-electron chi connectivity index (χ2n) is 6.78. The third kappa shape index (κ3) is 4.76. The van der Waals surface area contributed by atoms with Crippen LogP contribution in [-0.2, 0) is 11.8 Å². The highest BCUT2D eigenvalue weighted by atomic mass is 16.5. The largest absolute Gasteiger partial charge is 0.389 e. The zero-order chi connectivity index (χ0) is 17.0. The van der Waals surface area contributed by atoms with Crippen LogP contribution in [0.3, 0.4) is 0 Å². The summed E-state index contributed by atoms with van der Waals surface area (Å²) in [6, 6.07) is 0.846. The van der Waals surface area contributed by atoms with Gasteiger partial charge in [0.1, 0.15) is 0 Å². The van der Waals surface area contributed by atoms with Crippen LogP contribution in [0.1, 0.15) is 42.8 Å². The summed E-state index contributed by atoms with van der Waals surface area (Å²) in [4.78, 5) is 2.33. The minimum absolute atomic E-state index is 0.319. The van der Waals surface area contributed by atoms with Crippen LogP contribution < -0.4 is 5.32 Å². The van der Waals surface area contributed by atoms with Gasteiger partial charge in [-0.2, -0.15) is 5.10 Å². The molecule has 0 aromatic carbocycles. The molecule has 1 aliphatic rings. The first kappa shape index (κ1) is 18.4. The number of ether oxygens (including phenoxy) is 1. The summed E-state index contributed by atoms with van der Waals surface area (Å²) >= 11 is 0. The topological polar surface area (TPSA) is 62.6 Å². The molecule has 132 valence electrons. The Balaban J connectivity index is 1.82. The minimum atomic E-state index is -0.385. The number of piperidine rings is 1. The summed E-state index contributed by atoms with van der Waals surface area (Å²) in [6.45, 7) is 9.61. The fraction of sp³-hybridized carbons (Fsp3) is 0.824. The Hall–Kier alpha value is -0.950. The van der Waals surface area contributed by atoms with Gasteiger partial charge in [-0.3, -0.25) is 4.68 Å². The lowest BCUT2D eigenvalue weighted by atomic mass is 10.0. The van der Waals surface area contributed by atoms with E-state index in [1.165, 1.54) is 11.3 Å². The van der Waals surface area contributed by atoms with E-state index in [0.29, 0.717) is 25.2 Å². The van der Waals surface area contributed by atoms with E-state index in [0.717, 1.165) is 31.6 Å². The Bertz CT molecular complexity index is 495. The number of hydrogen-bond donors (Lipinski definition) is 2. The molecule has 1 fully saturated rings. The van der Waals surface area contributed by atoms with Gasteiger partial charge < -0.3 is 20.1 Å². The van der Waals surface area contributed by atoms with E-state index in [-0.39, 0.29) is 6.10 Å². The molecule has 1 aromatic rings. The average Bonchev–Trinajstić information content (AvgIpc) is 2.74. The van der Waals surface area contributed by atoms with Crippen molar-refractivity contribution >= 4 is 0 Å². The molecule has 2 rings (SSSR count). The second-order valence-corrected chi connectivity index (χ2v) is 6.78. The molecule has 2 heterocycles. The van der Waals surface area contributed by atoms with E-state index < -0.39 is 0 Å². The minimum Gasteiger partial charge on any atom is -0.389 e. The second kappa shape index (κ2) is 8.24. The van der Waals surface area contributed by atoms with Gasteiger partial charge in [0, 0.05) is 44.0 Å². The summed E-state index contributed by atoms with van der Waals surface area (Å²) in [5, 5.41) is 18.1. The zero-order valence-electron chi connectivity index (χ0n) is 15.2. The first-order chi connectivity index (χ1) is 10.9. The number of aromatic nitrogens is 2. The van der Waals surface area contributed by atoms with Crippen LogP contribution in [0.5, 0.6) is 0 Å². The number of likely N-dealkylation sites (tertiary alicyclic amines) is 1. The van der Waals surface area contributed by atoms with E-state index in [4.69, 9.17) is 4.74 Å². The number of β-amino-alcohol motifs (C(OH)–C–C–N with tert-alkyl or cyclic N) is 1. The van der Waals surface area contributed by atoms with E-state index >= 15 is 0 Å². The fourth-order valence-electron chi connectivity index (χ4n) is 3.68. The zero-order valence-corrected chi connectivity index (χ0v) is 15.2. The summed E-state index contributed by atoms with van der Waals surface area (Å²) in [5.74, 6) is 0. The van der Waals surface area contributed by atoms with Crippen molar-refractivity contribution in [2.24, 2.45) is 7.05 Å². The van der Waals surface area contributed by atoms with Gasteiger partial charge in [0.25, 0.3) is 0 Å². The number of nitrogens with one attached hydrogen (secondary N) is 1. The Labute approximate surface area is 139 Å². The number of aliphatic hydroxyl groups excluding tert-OH is 1. The average molecular weight is 324 g/mol. The van der Waals surface area contributed by atoms with Crippen molar-refractivity contribution in [2.75, 3.05) is 33.4 Å². The Morgan fingerprint density at radius 2 is 2.00 bits per heavy atom. The number of hydrogen-bond acceptors (Lipinski definition) is 5. The molecule has 0 aliphatic carbocycles. The van der Waals surface area contributed by atoms with Crippen molar-refractivity contribution in [3.8, 4) is 0 Å². The molecule has 0 amide bonds. The molecule has 0 saturated carbocycles. The molecular weight excluding hydrogens is 292 g/mol. The monoisotopic (exact) mass is 324 g/mol. The molecule has 2 atom stereocenters. The summed E-state index contributed by atoms with van der Waals surface area (Å²) in [6.07, 6.45) is 1.84. The van der Waals surface area contributed by atoms with Gasteiger partial charge in [-0.15, -0.1) is 0 Å². The van der Waals surface area contributed by atoms with Crippen LogP contribution in [-0.4, -0.2) is 65.3 Å². The van der Waals surface area contributed by atoms with E-state index in [1.54, 1.807) is 7.11 Å². The maximum atomic E-state index is 9.83. The van der Waals surface area contributed by atoms with Crippen molar-refractivity contribution in [3.63, 3.8) is 0 Å². The smallest absolute Gasteiger partial charge is 0.0900 e. The Kier molecular flexibility index (Phi) is 6.59. The highest BCUT2D eigenvalue weighted by Crippen LogP contribution is 2.23.